The zero-order valence-corrected chi connectivity index (χ0v) is 8.28. The Morgan fingerprint density at radius 3 is 2.79 bits per heavy atom. The van der Waals surface area contributed by atoms with Crippen molar-refractivity contribution in [2.24, 2.45) is 0 Å². The van der Waals surface area contributed by atoms with Crippen LogP contribution in [0.4, 0.5) is 0 Å². The molecule has 1 heterocycles. The summed E-state index contributed by atoms with van der Waals surface area (Å²) in [6, 6.07) is 7.76. The van der Waals surface area contributed by atoms with Crippen LogP contribution in [0.5, 0.6) is 0 Å². The highest BCUT2D eigenvalue weighted by Gasteiger charge is 2.30. The van der Waals surface area contributed by atoms with Gasteiger partial charge in [0.2, 0.25) is 0 Å². The normalized spacial score (nSPS) is 19.6. The van der Waals surface area contributed by atoms with Crippen molar-refractivity contribution < 1.29 is 9.53 Å². The van der Waals surface area contributed by atoms with Crippen LogP contribution in [-0.2, 0) is 4.74 Å². The maximum Gasteiger partial charge on any atom is 0.340 e. The Labute approximate surface area is 83.1 Å². The summed E-state index contributed by atoms with van der Waals surface area (Å²) in [6.45, 7) is 4.05. The van der Waals surface area contributed by atoms with Crippen LogP contribution in [0.25, 0.3) is 0 Å². The molecule has 0 spiro atoms. The highest BCUT2D eigenvalue weighted by molar-refractivity contribution is 5.93. The molecule has 0 aromatic heterocycles. The van der Waals surface area contributed by atoms with Crippen LogP contribution >= 0.6 is 0 Å². The quantitative estimate of drug-likeness (QED) is 0.725. The fraction of sp³-hybridized carbons (Fsp3) is 0.364. The average Bonchev–Trinajstić information content (AvgIpc) is 2.44. The molecule has 1 aliphatic heterocycles. The summed E-state index contributed by atoms with van der Waals surface area (Å²) in [5, 5.41) is 3.19. The van der Waals surface area contributed by atoms with Gasteiger partial charge in [-0.05, 0) is 19.9 Å². The number of fused-ring (bicyclic) bond motifs is 1. The molecule has 14 heavy (non-hydrogen) atoms. The molecular formula is C11H13NO2. The molecule has 1 aliphatic rings. The first-order valence-electron chi connectivity index (χ1n) is 4.74. The van der Waals surface area contributed by atoms with Gasteiger partial charge in [-0.2, -0.15) is 0 Å². The lowest BCUT2D eigenvalue weighted by Crippen LogP contribution is -2.28. The maximum atomic E-state index is 11.4. The molecule has 74 valence electrons. The van der Waals surface area contributed by atoms with E-state index in [2.05, 4.69) is 5.32 Å². The van der Waals surface area contributed by atoms with E-state index in [9.17, 15) is 4.79 Å². The Kier molecular flexibility index (Phi) is 2.25. The van der Waals surface area contributed by atoms with Gasteiger partial charge in [0.1, 0.15) is 0 Å². The fourth-order valence-corrected chi connectivity index (χ4v) is 1.57. The van der Waals surface area contributed by atoms with E-state index in [0.29, 0.717) is 11.6 Å². The fourth-order valence-electron chi connectivity index (χ4n) is 1.57. The van der Waals surface area contributed by atoms with Gasteiger partial charge >= 0.3 is 5.97 Å². The Balaban J connectivity index is 2.30. The zero-order chi connectivity index (χ0) is 10.1. The number of nitrogens with one attached hydrogen (secondary N) is 1. The predicted octanol–water partition coefficient (Wildman–Crippen LogP) is 1.85. The summed E-state index contributed by atoms with van der Waals surface area (Å²) in [5.41, 5.74) is 1.61. The zero-order valence-electron chi connectivity index (χ0n) is 8.28. The third-order valence-corrected chi connectivity index (χ3v) is 2.17. The smallest absolute Gasteiger partial charge is 0.340 e. The number of hydrogen-bond acceptors (Lipinski definition) is 3. The molecular weight excluding hydrogens is 178 g/mol. The number of benzene rings is 1. The van der Waals surface area contributed by atoms with Crippen molar-refractivity contribution in [3.8, 4) is 0 Å². The third kappa shape index (κ3) is 1.51. The van der Waals surface area contributed by atoms with Crippen LogP contribution < -0.4 is 5.32 Å². The minimum atomic E-state index is -0.279. The van der Waals surface area contributed by atoms with Crippen LogP contribution in [0.15, 0.2) is 24.3 Å². The van der Waals surface area contributed by atoms with E-state index in [1.807, 2.05) is 32.0 Å². The highest BCUT2D eigenvalue weighted by atomic mass is 16.6. The van der Waals surface area contributed by atoms with Crippen molar-refractivity contribution in [1.82, 2.24) is 5.32 Å². The number of ether oxygens (including phenoxy) is 1. The number of esters is 1. The van der Waals surface area contributed by atoms with E-state index in [0.717, 1.165) is 5.56 Å². The first-order valence-corrected chi connectivity index (χ1v) is 4.74. The third-order valence-electron chi connectivity index (χ3n) is 2.17. The Hall–Kier alpha value is -1.35. The van der Waals surface area contributed by atoms with Gasteiger partial charge in [-0.1, -0.05) is 18.2 Å². The second kappa shape index (κ2) is 3.42. The molecule has 0 radical (unpaired) electrons. The van der Waals surface area contributed by atoms with Gasteiger partial charge < -0.3 is 4.74 Å². The topological polar surface area (TPSA) is 38.3 Å². The van der Waals surface area contributed by atoms with Crippen molar-refractivity contribution in [3.63, 3.8) is 0 Å². The minimum absolute atomic E-state index is 0.237. The summed E-state index contributed by atoms with van der Waals surface area (Å²) >= 11 is 0. The van der Waals surface area contributed by atoms with Gasteiger partial charge in [-0.3, -0.25) is 5.32 Å². The van der Waals surface area contributed by atoms with E-state index >= 15 is 0 Å². The van der Waals surface area contributed by atoms with Crippen LogP contribution in [0.3, 0.4) is 0 Å². The van der Waals surface area contributed by atoms with Crippen LogP contribution in [0, 0.1) is 0 Å². The number of carbonyl (C=O) groups is 1. The number of rotatable bonds is 2. The highest BCUT2D eigenvalue weighted by Crippen LogP contribution is 2.28. The van der Waals surface area contributed by atoms with Gasteiger partial charge in [0.05, 0.1) is 5.56 Å². The minimum Gasteiger partial charge on any atom is -0.439 e. The summed E-state index contributed by atoms with van der Waals surface area (Å²) in [6.07, 6.45) is -0.279. The molecule has 1 unspecified atom stereocenters. The van der Waals surface area contributed by atoms with Crippen molar-refractivity contribution in [1.29, 1.82) is 0 Å². The second-order valence-electron chi connectivity index (χ2n) is 3.69. The summed E-state index contributed by atoms with van der Waals surface area (Å²) in [4.78, 5) is 11.4. The van der Waals surface area contributed by atoms with Crippen molar-refractivity contribution in [3.05, 3.63) is 35.4 Å². The van der Waals surface area contributed by atoms with Gasteiger partial charge in [0.15, 0.2) is 6.23 Å². The van der Waals surface area contributed by atoms with E-state index < -0.39 is 0 Å². The van der Waals surface area contributed by atoms with Gasteiger partial charge in [0.25, 0.3) is 0 Å². The van der Waals surface area contributed by atoms with Crippen molar-refractivity contribution in [2.45, 2.75) is 26.1 Å². The molecule has 0 bridgehead atoms. The molecule has 0 saturated carbocycles. The summed E-state index contributed by atoms with van der Waals surface area (Å²) in [7, 11) is 0. The van der Waals surface area contributed by atoms with Crippen molar-refractivity contribution >= 4 is 5.97 Å². The first kappa shape index (κ1) is 9.21. The average molecular weight is 191 g/mol. The predicted molar refractivity (Wildman–Crippen MR) is 52.9 cm³/mol. The molecule has 1 N–H and O–H groups in total. The molecule has 0 aliphatic carbocycles. The molecule has 3 heteroatoms. The molecule has 1 aromatic rings. The van der Waals surface area contributed by atoms with Crippen molar-refractivity contribution in [2.75, 3.05) is 0 Å². The van der Waals surface area contributed by atoms with E-state index in [4.69, 9.17) is 4.74 Å². The van der Waals surface area contributed by atoms with Crippen LogP contribution in [0.2, 0.25) is 0 Å². The van der Waals surface area contributed by atoms with Gasteiger partial charge in [-0.25, -0.2) is 4.79 Å². The Bertz CT molecular complexity index is 360. The molecule has 1 atom stereocenters. The van der Waals surface area contributed by atoms with Crippen LogP contribution in [-0.4, -0.2) is 12.0 Å². The molecule has 3 nitrogen and oxygen atoms in total. The molecule has 0 fully saturated rings. The van der Waals surface area contributed by atoms with Gasteiger partial charge in [0, 0.05) is 11.6 Å². The lowest BCUT2D eigenvalue weighted by atomic mass is 10.1. The number of carbonyl (C=O) groups excluding carboxylic acids is 1. The largest absolute Gasteiger partial charge is 0.439 e. The lowest BCUT2D eigenvalue weighted by molar-refractivity contribution is 0.0288. The number of cyclic esters (lactones) is 1. The maximum absolute atomic E-state index is 11.4. The molecule has 2 rings (SSSR count). The monoisotopic (exact) mass is 191 g/mol. The molecule has 1 aromatic carbocycles. The van der Waals surface area contributed by atoms with Crippen LogP contribution in [0.1, 0.15) is 36.0 Å². The Morgan fingerprint density at radius 1 is 1.36 bits per heavy atom. The second-order valence-corrected chi connectivity index (χ2v) is 3.69. The van der Waals surface area contributed by atoms with Gasteiger partial charge in [-0.15, -0.1) is 0 Å². The number of hydrogen-bond donors (Lipinski definition) is 1. The van der Waals surface area contributed by atoms with E-state index in [-0.39, 0.29) is 12.2 Å². The standard InChI is InChI=1S/C11H13NO2/c1-7(2)12-10-8-5-3-4-6-9(8)11(13)14-10/h3-7,10,12H,1-2H3. The summed E-state index contributed by atoms with van der Waals surface area (Å²) < 4.78 is 5.19. The summed E-state index contributed by atoms with van der Waals surface area (Å²) in [5.74, 6) is -0.237. The Morgan fingerprint density at radius 2 is 2.07 bits per heavy atom. The van der Waals surface area contributed by atoms with E-state index in [1.165, 1.54) is 0 Å². The lowest BCUT2D eigenvalue weighted by Gasteiger charge is -2.15. The SMILES string of the molecule is CC(C)NC1OC(=O)c2ccccc21. The van der Waals surface area contributed by atoms with E-state index in [1.54, 1.807) is 6.07 Å². The molecule has 0 saturated heterocycles. The molecule has 0 amide bonds. The first-order chi connectivity index (χ1) is 6.68.